The number of hydrogen-bond acceptors (Lipinski definition) is 11. The number of ether oxygens (including phenoxy) is 1. The molecule has 1 atom stereocenters. The number of nitrogens with zero attached hydrogens (tertiary/aromatic N) is 4. The Kier molecular flexibility index (Phi) is 18.1. The molecule has 39 heavy (non-hydrogen) atoms. The monoisotopic (exact) mass is 786 g/mol. The van der Waals surface area contributed by atoms with Crippen molar-refractivity contribution in [3.63, 3.8) is 0 Å². The third kappa shape index (κ3) is 11.6. The van der Waals surface area contributed by atoms with Crippen molar-refractivity contribution in [2.45, 2.75) is 40.0 Å². The molecule has 1 aliphatic rings. The maximum atomic E-state index is 12.6. The fourth-order valence-corrected chi connectivity index (χ4v) is 3.29. The first-order valence-electron chi connectivity index (χ1n) is 12.0. The van der Waals surface area contributed by atoms with Gasteiger partial charge in [0.25, 0.3) is 5.91 Å². The number of nitrogens with two attached hydrogens (primary N) is 2. The average Bonchev–Trinajstić information content (AvgIpc) is 3.76. The van der Waals surface area contributed by atoms with Crippen LogP contribution in [-0.2, 0) is 14.1 Å². The topological polar surface area (TPSA) is 202 Å². The second kappa shape index (κ2) is 19.4. The molecule has 13 nitrogen and oxygen atoms in total. The Bertz CT molecular complexity index is 1110. The molecule has 0 spiro atoms. The van der Waals surface area contributed by atoms with Crippen LogP contribution in [0.15, 0.2) is 45.9 Å². The molecule has 1 fully saturated rings. The molecule has 1 aromatic rings. The Labute approximate surface area is 254 Å². The maximum absolute atomic E-state index is 12.6. The standard InChI is InChI=1S/C22H31N8O5P.C2H6.U/c1-4-5-15(20(24)31)17(10-18(30(2)12-35-36-33)29-22(32)13-6-7-13)28-21-19(34-3)14(8-9-26-21)16(23)11-27-25;1-2;/h5,8-11,13,23,33,36H,4,6-7,12,25H2,1-3H3,(H2,24,31)(H,29,32);1-2H3;/b15-5-,18-10-,23-16?,27-11-,28-17?;;. The Balaban J connectivity index is 0.00000470. The maximum Gasteiger partial charge on any atom is 0.250 e. The minimum absolute atomic E-state index is 0. The quantitative estimate of drug-likeness (QED) is 0.0471. The molecule has 1 aliphatic carbocycles. The van der Waals surface area contributed by atoms with E-state index in [9.17, 15) is 9.59 Å². The van der Waals surface area contributed by atoms with Crippen molar-refractivity contribution >= 4 is 44.3 Å². The number of rotatable bonds is 14. The molecule has 212 valence electrons. The molecule has 1 saturated carbocycles. The van der Waals surface area contributed by atoms with Gasteiger partial charge < -0.3 is 35.9 Å². The average molecular weight is 787 g/mol. The number of aliphatic imine (C=N–C) groups is 1. The van der Waals surface area contributed by atoms with Crippen molar-refractivity contribution in [1.82, 2.24) is 15.2 Å². The largest absolute Gasteiger partial charge is 0.492 e. The summed E-state index contributed by atoms with van der Waals surface area (Å²) in [4.78, 5) is 44.3. The molecule has 15 heteroatoms. The first-order chi connectivity index (χ1) is 18.3. The number of carbonyl (C=O) groups is 2. The molecular weight excluding hydrogens is 749 g/mol. The van der Waals surface area contributed by atoms with Crippen LogP contribution < -0.4 is 21.6 Å². The summed E-state index contributed by atoms with van der Waals surface area (Å²) in [5.74, 6) is 4.63. The van der Waals surface area contributed by atoms with Crippen LogP contribution in [0.5, 0.6) is 5.75 Å². The van der Waals surface area contributed by atoms with Crippen molar-refractivity contribution in [2.24, 2.45) is 27.6 Å². The Morgan fingerprint density at radius 1 is 1.38 bits per heavy atom. The van der Waals surface area contributed by atoms with Crippen LogP contribution in [-0.4, -0.2) is 65.1 Å². The van der Waals surface area contributed by atoms with E-state index >= 15 is 0 Å². The van der Waals surface area contributed by atoms with Crippen LogP contribution in [0.1, 0.15) is 45.6 Å². The third-order valence-electron chi connectivity index (χ3n) is 4.97. The van der Waals surface area contributed by atoms with E-state index in [0.717, 1.165) is 19.1 Å². The Morgan fingerprint density at radius 2 is 2.05 bits per heavy atom. The third-order valence-corrected chi connectivity index (χ3v) is 5.22. The summed E-state index contributed by atoms with van der Waals surface area (Å²) in [5, 5.41) is 14.4. The number of aromatic nitrogens is 1. The van der Waals surface area contributed by atoms with Gasteiger partial charge >= 0.3 is 0 Å². The molecule has 0 saturated heterocycles. The van der Waals surface area contributed by atoms with E-state index in [0.29, 0.717) is 12.0 Å². The van der Waals surface area contributed by atoms with Crippen LogP contribution in [0.25, 0.3) is 0 Å². The summed E-state index contributed by atoms with van der Waals surface area (Å²) in [7, 11) is 2.27. The van der Waals surface area contributed by atoms with Crippen LogP contribution in [0, 0.1) is 42.4 Å². The zero-order valence-electron chi connectivity index (χ0n) is 22.8. The van der Waals surface area contributed by atoms with Crippen molar-refractivity contribution in [3.05, 3.63) is 41.4 Å². The van der Waals surface area contributed by atoms with Crippen LogP contribution in [0.2, 0.25) is 0 Å². The van der Waals surface area contributed by atoms with Crippen LogP contribution in [0.3, 0.4) is 0 Å². The number of hydrogen-bond donors (Lipinski definition) is 5. The van der Waals surface area contributed by atoms with Gasteiger partial charge in [-0.05, 0) is 25.3 Å². The molecule has 2 rings (SSSR count). The van der Waals surface area contributed by atoms with Gasteiger partial charge in [0.15, 0.2) is 20.6 Å². The number of carbonyl (C=O) groups excluding carboxylic acids is 2. The van der Waals surface area contributed by atoms with Gasteiger partial charge in [-0.2, -0.15) is 5.10 Å². The molecule has 0 aromatic carbocycles. The molecule has 7 N–H and O–H groups in total. The molecule has 0 radical (unpaired) electrons. The number of nitrogens with one attached hydrogen (secondary N) is 2. The van der Waals surface area contributed by atoms with Gasteiger partial charge in [0.2, 0.25) is 5.91 Å². The number of allylic oxidation sites excluding steroid dienone is 2. The Morgan fingerprint density at radius 3 is 2.56 bits per heavy atom. The zero-order chi connectivity index (χ0) is 28.7. The van der Waals surface area contributed by atoms with E-state index < -0.39 is 14.9 Å². The SMILES string of the molecule is CC.CC/C=C(\C(N)=O)C(/C=C(/NC(=O)C1CC1)N(C)COPO)=Nc1nccc(C(=N)/C=N\N)c1OC.[U]. The van der Waals surface area contributed by atoms with E-state index in [1.807, 2.05) is 20.8 Å². The number of hydrazone groups is 1. The Hall–Kier alpha value is -2.62. The molecular formula is C24H37N8O5PU. The second-order valence-corrected chi connectivity index (χ2v) is 8.12. The van der Waals surface area contributed by atoms with Crippen LogP contribution >= 0.6 is 9.03 Å². The van der Waals surface area contributed by atoms with E-state index in [1.165, 1.54) is 30.3 Å². The summed E-state index contributed by atoms with van der Waals surface area (Å²) >= 11 is 0. The van der Waals surface area contributed by atoms with Gasteiger partial charge in [-0.25, -0.2) is 9.98 Å². The van der Waals surface area contributed by atoms with Crippen molar-refractivity contribution in [3.8, 4) is 5.75 Å². The number of amides is 2. The zero-order valence-corrected chi connectivity index (χ0v) is 28.0. The minimum atomic E-state index is -0.758. The van der Waals surface area contributed by atoms with Gasteiger partial charge in [0.1, 0.15) is 12.6 Å². The second-order valence-electron chi connectivity index (χ2n) is 7.65. The molecule has 2 amide bonds. The van der Waals surface area contributed by atoms with Crippen molar-refractivity contribution < 1.29 is 54.9 Å². The predicted octanol–water partition coefficient (Wildman–Crippen LogP) is 2.10. The summed E-state index contributed by atoms with van der Waals surface area (Å²) < 4.78 is 10.5. The van der Waals surface area contributed by atoms with Crippen molar-refractivity contribution in [2.75, 3.05) is 20.9 Å². The summed E-state index contributed by atoms with van der Waals surface area (Å²) in [6.07, 6.45) is 7.67. The number of primary amides is 1. The van der Waals surface area contributed by atoms with E-state index in [1.54, 1.807) is 13.1 Å². The fourth-order valence-electron chi connectivity index (χ4n) is 3.03. The van der Waals surface area contributed by atoms with Crippen molar-refractivity contribution in [1.29, 1.82) is 5.41 Å². The molecule has 1 aromatic heterocycles. The molecule has 1 heterocycles. The van der Waals surface area contributed by atoms with Gasteiger partial charge in [-0.3, -0.25) is 15.0 Å². The van der Waals surface area contributed by atoms with Gasteiger partial charge in [0.05, 0.1) is 30.3 Å². The smallest absolute Gasteiger partial charge is 0.250 e. The van der Waals surface area contributed by atoms with Gasteiger partial charge in [0, 0.05) is 61.9 Å². The predicted molar refractivity (Wildman–Crippen MR) is 150 cm³/mol. The van der Waals surface area contributed by atoms with E-state index in [4.69, 9.17) is 31.1 Å². The van der Waals surface area contributed by atoms with E-state index in [2.05, 4.69) is 20.4 Å². The summed E-state index contributed by atoms with van der Waals surface area (Å²) in [6, 6.07) is 1.54. The van der Waals surface area contributed by atoms with Crippen LogP contribution in [0.4, 0.5) is 5.82 Å². The first kappa shape index (κ1) is 36.4. The summed E-state index contributed by atoms with van der Waals surface area (Å²) in [5.41, 5.74) is 6.13. The molecule has 0 bridgehead atoms. The number of pyridine rings is 1. The summed E-state index contributed by atoms with van der Waals surface area (Å²) in [6.45, 7) is 5.78. The molecule has 0 aliphatic heterocycles. The minimum Gasteiger partial charge on any atom is -0.492 e. The normalized spacial score (nSPS) is 13.9. The van der Waals surface area contributed by atoms with Gasteiger partial charge in [-0.1, -0.05) is 26.8 Å². The van der Waals surface area contributed by atoms with Gasteiger partial charge in [-0.15, -0.1) is 0 Å². The molecule has 1 unspecified atom stereocenters. The first-order valence-corrected chi connectivity index (χ1v) is 12.8. The number of methoxy groups -OCH3 is 1. The van der Waals surface area contributed by atoms with E-state index in [-0.39, 0.29) is 84.1 Å². The fraction of sp³-hybridized carbons (Fsp3) is 0.417.